The lowest BCUT2D eigenvalue weighted by Gasteiger charge is -2.07. The summed E-state index contributed by atoms with van der Waals surface area (Å²) in [6.45, 7) is 3.58. The number of fused-ring (bicyclic) bond motifs is 1. The number of hydrogen-bond acceptors (Lipinski definition) is 1. The third-order valence-electron chi connectivity index (χ3n) is 3.92. The molecule has 4 heteroatoms. The second-order valence-corrected chi connectivity index (χ2v) is 5.46. The average Bonchev–Trinajstić information content (AvgIpc) is 2.94. The molecule has 0 aliphatic heterocycles. The van der Waals surface area contributed by atoms with Gasteiger partial charge in [0.2, 0.25) is 0 Å². The van der Waals surface area contributed by atoms with Crippen LogP contribution in [0.3, 0.4) is 0 Å². The Kier molecular flexibility index (Phi) is 4.62. The number of aromatic nitrogens is 1. The van der Waals surface area contributed by atoms with Gasteiger partial charge in [0.25, 0.3) is 0 Å². The molecule has 1 heterocycles. The SMILES string of the molecule is CCn1cc(NC(=O)NCCc2ccccc2)c2ccccc21. The summed E-state index contributed by atoms with van der Waals surface area (Å²) >= 11 is 0. The lowest BCUT2D eigenvalue weighted by atomic mass is 10.1. The van der Waals surface area contributed by atoms with E-state index >= 15 is 0 Å². The zero-order valence-electron chi connectivity index (χ0n) is 13.3. The highest BCUT2D eigenvalue weighted by atomic mass is 16.2. The van der Waals surface area contributed by atoms with Crippen LogP contribution in [0, 0.1) is 0 Å². The van der Waals surface area contributed by atoms with Gasteiger partial charge in [-0.2, -0.15) is 0 Å². The third-order valence-corrected chi connectivity index (χ3v) is 3.92. The molecule has 3 aromatic rings. The standard InChI is InChI=1S/C19H21N3O/c1-2-22-14-17(16-10-6-7-11-18(16)22)21-19(23)20-13-12-15-8-4-3-5-9-15/h3-11,14H,2,12-13H2,1H3,(H2,20,21,23). The quantitative estimate of drug-likeness (QED) is 0.734. The summed E-state index contributed by atoms with van der Waals surface area (Å²) in [7, 11) is 0. The summed E-state index contributed by atoms with van der Waals surface area (Å²) in [6.07, 6.45) is 2.81. The van der Waals surface area contributed by atoms with Crippen LogP contribution in [-0.4, -0.2) is 17.1 Å². The molecule has 118 valence electrons. The number of para-hydroxylation sites is 1. The molecule has 2 N–H and O–H groups in total. The van der Waals surface area contributed by atoms with Gasteiger partial charge in [-0.25, -0.2) is 4.79 Å². The van der Waals surface area contributed by atoms with Crippen molar-refractivity contribution in [1.29, 1.82) is 0 Å². The minimum atomic E-state index is -0.167. The minimum absolute atomic E-state index is 0.167. The first kappa shape index (κ1) is 15.2. The van der Waals surface area contributed by atoms with Crippen LogP contribution in [0.15, 0.2) is 60.8 Å². The number of hydrogen-bond donors (Lipinski definition) is 2. The summed E-state index contributed by atoms with van der Waals surface area (Å²) in [4.78, 5) is 12.1. The number of carbonyl (C=O) groups excluding carboxylic acids is 1. The molecular weight excluding hydrogens is 286 g/mol. The van der Waals surface area contributed by atoms with Crippen molar-refractivity contribution in [3.63, 3.8) is 0 Å². The minimum Gasteiger partial charge on any atom is -0.346 e. The lowest BCUT2D eigenvalue weighted by Crippen LogP contribution is -2.30. The van der Waals surface area contributed by atoms with E-state index in [0.717, 1.165) is 29.6 Å². The number of urea groups is 1. The van der Waals surface area contributed by atoms with E-state index in [4.69, 9.17) is 0 Å². The van der Waals surface area contributed by atoms with Crippen molar-refractivity contribution >= 4 is 22.6 Å². The highest BCUT2D eigenvalue weighted by molar-refractivity contribution is 6.01. The maximum absolute atomic E-state index is 12.1. The Morgan fingerprint density at radius 1 is 1.04 bits per heavy atom. The summed E-state index contributed by atoms with van der Waals surface area (Å²) < 4.78 is 2.13. The van der Waals surface area contributed by atoms with Crippen LogP contribution >= 0.6 is 0 Å². The van der Waals surface area contributed by atoms with E-state index < -0.39 is 0 Å². The number of carbonyl (C=O) groups is 1. The van der Waals surface area contributed by atoms with Crippen LogP contribution in [0.5, 0.6) is 0 Å². The Bertz CT molecular complexity index is 793. The third kappa shape index (κ3) is 3.54. The highest BCUT2D eigenvalue weighted by Crippen LogP contribution is 2.25. The Morgan fingerprint density at radius 3 is 2.57 bits per heavy atom. The van der Waals surface area contributed by atoms with Crippen molar-refractivity contribution in [1.82, 2.24) is 9.88 Å². The van der Waals surface area contributed by atoms with E-state index in [1.807, 2.05) is 42.6 Å². The van der Waals surface area contributed by atoms with Crippen molar-refractivity contribution in [3.8, 4) is 0 Å². The van der Waals surface area contributed by atoms with Crippen LogP contribution in [0.1, 0.15) is 12.5 Å². The summed E-state index contributed by atoms with van der Waals surface area (Å²) in [5.41, 5.74) is 3.20. The smallest absolute Gasteiger partial charge is 0.319 e. The first-order valence-electron chi connectivity index (χ1n) is 7.94. The van der Waals surface area contributed by atoms with E-state index in [9.17, 15) is 4.79 Å². The zero-order valence-corrected chi connectivity index (χ0v) is 13.3. The molecular formula is C19H21N3O. The molecule has 0 saturated carbocycles. The topological polar surface area (TPSA) is 46.1 Å². The molecule has 4 nitrogen and oxygen atoms in total. The Labute approximate surface area is 136 Å². The number of benzene rings is 2. The van der Waals surface area contributed by atoms with Gasteiger partial charge in [-0.1, -0.05) is 48.5 Å². The summed E-state index contributed by atoms with van der Waals surface area (Å²) in [5, 5.41) is 6.93. The van der Waals surface area contributed by atoms with Gasteiger partial charge >= 0.3 is 6.03 Å². The van der Waals surface area contributed by atoms with Crippen LogP contribution in [0.4, 0.5) is 10.5 Å². The molecule has 0 fully saturated rings. The van der Waals surface area contributed by atoms with Crippen molar-refractivity contribution < 1.29 is 4.79 Å². The fraction of sp³-hybridized carbons (Fsp3) is 0.211. The van der Waals surface area contributed by atoms with E-state index in [2.05, 4.69) is 40.3 Å². The number of aryl methyl sites for hydroxylation is 1. The molecule has 0 atom stereocenters. The van der Waals surface area contributed by atoms with Gasteiger partial charge < -0.3 is 15.2 Å². The fourth-order valence-electron chi connectivity index (χ4n) is 2.74. The first-order chi connectivity index (χ1) is 11.3. The van der Waals surface area contributed by atoms with Crippen molar-refractivity contribution in [3.05, 3.63) is 66.4 Å². The van der Waals surface area contributed by atoms with Crippen LogP contribution < -0.4 is 10.6 Å². The van der Waals surface area contributed by atoms with Gasteiger partial charge in [-0.15, -0.1) is 0 Å². The van der Waals surface area contributed by atoms with Crippen molar-refractivity contribution in [2.45, 2.75) is 19.9 Å². The first-order valence-corrected chi connectivity index (χ1v) is 7.94. The molecule has 2 amide bonds. The van der Waals surface area contributed by atoms with E-state index in [1.165, 1.54) is 5.56 Å². The molecule has 0 bridgehead atoms. The molecule has 1 aromatic heterocycles. The van der Waals surface area contributed by atoms with E-state index in [0.29, 0.717) is 6.54 Å². The molecule has 0 unspecified atom stereocenters. The van der Waals surface area contributed by atoms with Crippen LogP contribution in [0.25, 0.3) is 10.9 Å². The lowest BCUT2D eigenvalue weighted by molar-refractivity contribution is 0.252. The molecule has 0 spiro atoms. The van der Waals surface area contributed by atoms with Gasteiger partial charge in [0.15, 0.2) is 0 Å². The monoisotopic (exact) mass is 307 g/mol. The molecule has 3 rings (SSSR count). The Morgan fingerprint density at radius 2 is 1.78 bits per heavy atom. The number of nitrogens with one attached hydrogen (secondary N) is 2. The number of amides is 2. The Balaban J connectivity index is 1.62. The van der Waals surface area contributed by atoms with Gasteiger partial charge in [0.1, 0.15) is 0 Å². The maximum Gasteiger partial charge on any atom is 0.319 e. The fourth-order valence-corrected chi connectivity index (χ4v) is 2.74. The van der Waals surface area contributed by atoms with Crippen LogP contribution in [-0.2, 0) is 13.0 Å². The predicted octanol–water partition coefficient (Wildman–Crippen LogP) is 4.03. The van der Waals surface area contributed by atoms with Gasteiger partial charge in [0.05, 0.1) is 11.2 Å². The van der Waals surface area contributed by atoms with Gasteiger partial charge in [-0.05, 0) is 25.0 Å². The highest BCUT2D eigenvalue weighted by Gasteiger charge is 2.09. The second-order valence-electron chi connectivity index (χ2n) is 5.46. The number of nitrogens with zero attached hydrogens (tertiary/aromatic N) is 1. The molecule has 0 aliphatic carbocycles. The zero-order chi connectivity index (χ0) is 16.1. The molecule has 2 aromatic carbocycles. The van der Waals surface area contributed by atoms with Crippen molar-refractivity contribution in [2.24, 2.45) is 0 Å². The average molecular weight is 307 g/mol. The normalized spacial score (nSPS) is 10.7. The number of rotatable bonds is 5. The predicted molar refractivity (Wildman–Crippen MR) is 94.8 cm³/mol. The van der Waals surface area contributed by atoms with Gasteiger partial charge in [0, 0.05) is 24.7 Å². The maximum atomic E-state index is 12.1. The van der Waals surface area contributed by atoms with Gasteiger partial charge in [-0.3, -0.25) is 0 Å². The molecule has 0 aliphatic rings. The molecule has 0 saturated heterocycles. The van der Waals surface area contributed by atoms with E-state index in [1.54, 1.807) is 0 Å². The largest absolute Gasteiger partial charge is 0.346 e. The van der Waals surface area contributed by atoms with Crippen molar-refractivity contribution in [2.75, 3.05) is 11.9 Å². The second kappa shape index (κ2) is 7.01. The van der Waals surface area contributed by atoms with E-state index in [-0.39, 0.29) is 6.03 Å². The summed E-state index contributed by atoms with van der Waals surface area (Å²) in [6, 6.07) is 18.1. The Hall–Kier alpha value is -2.75. The van der Waals surface area contributed by atoms with Crippen LogP contribution in [0.2, 0.25) is 0 Å². The summed E-state index contributed by atoms with van der Waals surface area (Å²) in [5.74, 6) is 0. The molecule has 0 radical (unpaired) electrons. The molecule has 23 heavy (non-hydrogen) atoms. The number of anilines is 1.